The van der Waals surface area contributed by atoms with Gasteiger partial charge in [0.1, 0.15) is 11.9 Å². The van der Waals surface area contributed by atoms with Crippen molar-refractivity contribution in [2.45, 2.75) is 55.2 Å². The minimum atomic E-state index is -5.13. The van der Waals surface area contributed by atoms with Crippen molar-refractivity contribution in [2.24, 2.45) is 0 Å². The molecule has 0 saturated carbocycles. The Balaban J connectivity index is 2.06. The van der Waals surface area contributed by atoms with E-state index in [1.807, 2.05) is 0 Å². The highest BCUT2D eigenvalue weighted by Gasteiger charge is 2.40. The van der Waals surface area contributed by atoms with Gasteiger partial charge in [0, 0.05) is 20.0 Å². The quantitative estimate of drug-likeness (QED) is 0.239. The zero-order chi connectivity index (χ0) is 24.3. The standard InChI is InChI=1S/C18H19F4NO8S/c1-10(30-17(26)31-23-14(24)6-7-15(23)25)3-8-16(29-2)32(27,28)13-5-4-11(19)9-12(13)18(20,21)22/h4-5,9-10,16H,3,6-8H2,1-2H3/t10?,16-/m0/s1. The molecule has 0 N–H and O–H groups in total. The third-order valence-corrected chi connectivity index (χ3v) is 6.53. The van der Waals surface area contributed by atoms with Gasteiger partial charge in [-0.25, -0.2) is 17.6 Å². The lowest BCUT2D eigenvalue weighted by atomic mass is 10.2. The lowest BCUT2D eigenvalue weighted by molar-refractivity contribution is -0.178. The van der Waals surface area contributed by atoms with Gasteiger partial charge >= 0.3 is 12.3 Å². The van der Waals surface area contributed by atoms with E-state index in [-0.39, 0.29) is 30.4 Å². The van der Waals surface area contributed by atoms with Crippen LogP contribution >= 0.6 is 0 Å². The van der Waals surface area contributed by atoms with Gasteiger partial charge in [0.15, 0.2) is 5.44 Å². The Bertz CT molecular complexity index is 979. The van der Waals surface area contributed by atoms with Crippen LogP contribution < -0.4 is 0 Å². The first-order chi connectivity index (χ1) is 14.8. The normalized spacial score (nSPS) is 16.8. The maximum absolute atomic E-state index is 13.3. The van der Waals surface area contributed by atoms with Crippen LogP contribution in [0.4, 0.5) is 22.4 Å². The average Bonchev–Trinajstić information content (AvgIpc) is 2.99. The fourth-order valence-corrected chi connectivity index (χ4v) is 4.58. The largest absolute Gasteiger partial charge is 0.534 e. The Morgan fingerprint density at radius 3 is 2.28 bits per heavy atom. The molecule has 0 radical (unpaired) electrons. The Morgan fingerprint density at radius 1 is 1.16 bits per heavy atom. The molecule has 1 fully saturated rings. The van der Waals surface area contributed by atoms with Crippen LogP contribution in [0.2, 0.25) is 0 Å². The molecule has 1 unspecified atom stereocenters. The van der Waals surface area contributed by atoms with Gasteiger partial charge in [0.2, 0.25) is 9.84 Å². The van der Waals surface area contributed by atoms with E-state index in [4.69, 9.17) is 9.47 Å². The van der Waals surface area contributed by atoms with Gasteiger partial charge < -0.3 is 9.47 Å². The number of carbonyl (C=O) groups excluding carboxylic acids is 3. The Morgan fingerprint density at radius 2 is 1.75 bits per heavy atom. The number of ether oxygens (including phenoxy) is 2. The molecule has 0 aliphatic carbocycles. The molecule has 2 amide bonds. The van der Waals surface area contributed by atoms with Crippen molar-refractivity contribution in [3.63, 3.8) is 0 Å². The van der Waals surface area contributed by atoms with Gasteiger partial charge in [-0.3, -0.25) is 14.4 Å². The Kier molecular flexibility index (Phi) is 7.83. The molecule has 1 aromatic carbocycles. The minimum absolute atomic E-state index is 0.0717. The van der Waals surface area contributed by atoms with Crippen LogP contribution in [0.3, 0.4) is 0 Å². The first-order valence-corrected chi connectivity index (χ1v) is 10.7. The summed E-state index contributed by atoms with van der Waals surface area (Å²) >= 11 is 0. The number of hydrogen-bond donors (Lipinski definition) is 0. The van der Waals surface area contributed by atoms with E-state index in [1.165, 1.54) is 6.92 Å². The van der Waals surface area contributed by atoms with Gasteiger partial charge in [-0.15, -0.1) is 0 Å². The summed E-state index contributed by atoms with van der Waals surface area (Å²) in [7, 11) is -3.76. The van der Waals surface area contributed by atoms with E-state index in [2.05, 4.69) is 4.84 Å². The fraction of sp³-hybridized carbons (Fsp3) is 0.500. The molecule has 32 heavy (non-hydrogen) atoms. The summed E-state index contributed by atoms with van der Waals surface area (Å²) in [5.74, 6) is -2.73. The third-order valence-electron chi connectivity index (χ3n) is 4.44. The smallest absolute Gasteiger partial charge is 0.430 e. The second kappa shape index (κ2) is 9.81. The monoisotopic (exact) mass is 485 g/mol. The summed E-state index contributed by atoms with van der Waals surface area (Å²) in [4.78, 5) is 37.9. The molecule has 1 aliphatic heterocycles. The number of amides is 2. The van der Waals surface area contributed by atoms with Crippen LogP contribution in [-0.2, 0) is 39.9 Å². The molecule has 0 aromatic heterocycles. The van der Waals surface area contributed by atoms with Crippen LogP contribution in [0, 0.1) is 5.82 Å². The summed E-state index contributed by atoms with van der Waals surface area (Å²) in [6.45, 7) is 1.33. The van der Waals surface area contributed by atoms with Crippen LogP contribution in [0.15, 0.2) is 23.1 Å². The van der Waals surface area contributed by atoms with Crippen LogP contribution in [0.25, 0.3) is 0 Å². The van der Waals surface area contributed by atoms with Crippen molar-refractivity contribution in [1.29, 1.82) is 0 Å². The van der Waals surface area contributed by atoms with E-state index in [1.54, 1.807) is 0 Å². The summed E-state index contributed by atoms with van der Waals surface area (Å²) in [6.07, 6.45) is -8.39. The second-order valence-corrected chi connectivity index (χ2v) is 8.83. The zero-order valence-electron chi connectivity index (χ0n) is 16.8. The van der Waals surface area contributed by atoms with Crippen molar-refractivity contribution in [3.05, 3.63) is 29.6 Å². The van der Waals surface area contributed by atoms with Gasteiger partial charge in [0.05, 0.1) is 10.5 Å². The van der Waals surface area contributed by atoms with Crippen molar-refractivity contribution in [3.8, 4) is 0 Å². The number of alkyl halides is 3. The number of nitrogens with zero attached hydrogens (tertiary/aromatic N) is 1. The van der Waals surface area contributed by atoms with Gasteiger partial charge in [-0.05, 0) is 38.0 Å². The zero-order valence-corrected chi connectivity index (χ0v) is 17.7. The number of sulfone groups is 1. The van der Waals surface area contributed by atoms with Gasteiger partial charge in [-0.2, -0.15) is 13.2 Å². The van der Waals surface area contributed by atoms with Gasteiger partial charge in [-0.1, -0.05) is 5.06 Å². The first-order valence-electron chi connectivity index (χ1n) is 9.15. The van der Waals surface area contributed by atoms with Crippen molar-refractivity contribution in [2.75, 3.05) is 7.11 Å². The van der Waals surface area contributed by atoms with E-state index in [0.29, 0.717) is 12.1 Å². The van der Waals surface area contributed by atoms with E-state index in [9.17, 15) is 40.4 Å². The summed E-state index contributed by atoms with van der Waals surface area (Å²) < 4.78 is 88.0. The fourth-order valence-electron chi connectivity index (χ4n) is 2.86. The van der Waals surface area contributed by atoms with Crippen molar-refractivity contribution in [1.82, 2.24) is 5.06 Å². The van der Waals surface area contributed by atoms with Crippen LogP contribution in [-0.4, -0.2) is 50.1 Å². The summed E-state index contributed by atoms with van der Waals surface area (Å²) in [5.41, 5.74) is -3.44. The third kappa shape index (κ3) is 5.94. The summed E-state index contributed by atoms with van der Waals surface area (Å²) in [5, 5.41) is 0.255. The molecular formula is C18H19F4NO8S. The number of carbonyl (C=O) groups is 3. The predicted molar refractivity (Wildman–Crippen MR) is 96.7 cm³/mol. The molecular weight excluding hydrogens is 466 g/mol. The SMILES string of the molecule is CO[C@H](CCC(C)OC(=O)ON1C(=O)CCC1=O)S(=O)(=O)c1ccc(F)cc1C(F)(F)F. The molecule has 14 heteroatoms. The molecule has 0 bridgehead atoms. The van der Waals surface area contributed by atoms with Crippen LogP contribution in [0.1, 0.15) is 38.2 Å². The highest BCUT2D eigenvalue weighted by molar-refractivity contribution is 7.92. The second-order valence-electron chi connectivity index (χ2n) is 6.78. The summed E-state index contributed by atoms with van der Waals surface area (Å²) in [6, 6.07) is 1.15. The Labute approximate surface area is 180 Å². The maximum atomic E-state index is 13.3. The molecule has 2 atom stereocenters. The Hall–Kier alpha value is -2.74. The average molecular weight is 485 g/mol. The first kappa shape index (κ1) is 25.5. The molecule has 178 valence electrons. The number of imide groups is 1. The van der Waals surface area contributed by atoms with Crippen LogP contribution in [0.5, 0.6) is 0 Å². The van der Waals surface area contributed by atoms with Crippen molar-refractivity contribution >= 4 is 27.8 Å². The maximum Gasteiger partial charge on any atom is 0.534 e. The predicted octanol–water partition coefficient (Wildman–Crippen LogP) is 2.98. The van der Waals surface area contributed by atoms with Gasteiger partial charge in [0.25, 0.3) is 11.8 Å². The molecule has 1 aromatic rings. The van der Waals surface area contributed by atoms with E-state index < -0.39 is 68.2 Å². The number of methoxy groups -OCH3 is 1. The van der Waals surface area contributed by atoms with E-state index >= 15 is 0 Å². The molecule has 1 aliphatic rings. The lowest BCUT2D eigenvalue weighted by Gasteiger charge is -2.21. The molecule has 2 rings (SSSR count). The highest BCUT2D eigenvalue weighted by Crippen LogP contribution is 2.36. The lowest BCUT2D eigenvalue weighted by Crippen LogP contribution is -2.33. The number of halogens is 4. The number of rotatable bonds is 8. The molecule has 9 nitrogen and oxygen atoms in total. The number of hydroxylamine groups is 2. The topological polar surface area (TPSA) is 116 Å². The number of hydrogen-bond acceptors (Lipinski definition) is 8. The highest BCUT2D eigenvalue weighted by atomic mass is 32.2. The van der Waals surface area contributed by atoms with Crippen molar-refractivity contribution < 1.29 is 54.7 Å². The van der Waals surface area contributed by atoms with E-state index in [0.717, 1.165) is 7.11 Å². The number of benzene rings is 1. The molecule has 1 saturated heterocycles. The molecule has 0 spiro atoms. The minimum Gasteiger partial charge on any atom is -0.430 e. The molecule has 1 heterocycles.